The summed E-state index contributed by atoms with van der Waals surface area (Å²) in [5, 5.41) is 10.0. The van der Waals surface area contributed by atoms with Gasteiger partial charge in [0.1, 0.15) is 11.5 Å². The van der Waals surface area contributed by atoms with Crippen LogP contribution in [-0.2, 0) is 6.42 Å². The molecule has 5 heteroatoms. The molecule has 0 spiro atoms. The smallest absolute Gasteiger partial charge is 0.338 e. The first-order valence-electron chi connectivity index (χ1n) is 8.69. The highest BCUT2D eigenvalue weighted by molar-refractivity contribution is 5.70. The summed E-state index contributed by atoms with van der Waals surface area (Å²) in [5.41, 5.74) is 7.52. The minimum atomic E-state index is -0.811. The van der Waals surface area contributed by atoms with Crippen LogP contribution in [0.1, 0.15) is 36.8 Å². The van der Waals surface area contributed by atoms with Crippen LogP contribution in [0.15, 0.2) is 48.5 Å². The Hall–Kier alpha value is -2.53. The van der Waals surface area contributed by atoms with Gasteiger partial charge >= 0.3 is 6.03 Å². The van der Waals surface area contributed by atoms with Crippen molar-refractivity contribution in [2.24, 2.45) is 11.7 Å². The van der Waals surface area contributed by atoms with Gasteiger partial charge in [0.05, 0.1) is 6.54 Å². The molecule has 5 nitrogen and oxygen atoms in total. The number of benzene rings is 2. The van der Waals surface area contributed by atoms with Crippen LogP contribution in [0.4, 0.5) is 4.79 Å². The lowest BCUT2D eigenvalue weighted by Gasteiger charge is -2.12. The fraction of sp³-hybridized carbons (Fsp3) is 0.350. The van der Waals surface area contributed by atoms with Gasteiger partial charge in [-0.1, -0.05) is 37.6 Å². The summed E-state index contributed by atoms with van der Waals surface area (Å²) in [7, 11) is 0. The van der Waals surface area contributed by atoms with Crippen molar-refractivity contribution in [1.29, 1.82) is 0 Å². The monoisotopic (exact) mass is 340 g/mol. The fourth-order valence-corrected chi connectivity index (χ4v) is 3.13. The number of hydrogen-bond acceptors (Lipinski definition) is 3. The first kappa shape index (κ1) is 17.3. The van der Waals surface area contributed by atoms with Crippen LogP contribution in [0.25, 0.3) is 0 Å². The van der Waals surface area contributed by atoms with Crippen molar-refractivity contribution >= 4 is 6.03 Å². The van der Waals surface area contributed by atoms with E-state index in [0.717, 1.165) is 36.3 Å². The Kier molecular flexibility index (Phi) is 5.24. The Morgan fingerprint density at radius 3 is 2.68 bits per heavy atom. The lowest BCUT2D eigenvalue weighted by Crippen LogP contribution is -2.34. The highest BCUT2D eigenvalue weighted by atomic mass is 16.5. The Morgan fingerprint density at radius 1 is 1.24 bits per heavy atom. The van der Waals surface area contributed by atoms with Crippen LogP contribution in [0.5, 0.6) is 11.5 Å². The number of aryl methyl sites for hydroxylation is 1. The summed E-state index contributed by atoms with van der Waals surface area (Å²) in [6, 6.07) is 15.3. The molecular formula is C20H24N2O3. The van der Waals surface area contributed by atoms with E-state index in [9.17, 15) is 10.0 Å². The zero-order valence-corrected chi connectivity index (χ0v) is 14.4. The molecule has 1 aliphatic rings. The summed E-state index contributed by atoms with van der Waals surface area (Å²) >= 11 is 0. The summed E-state index contributed by atoms with van der Waals surface area (Å²) in [5.74, 6) is 2.17. The molecule has 0 bridgehead atoms. The molecule has 1 fully saturated rings. The van der Waals surface area contributed by atoms with Gasteiger partial charge in [-0.05, 0) is 60.1 Å². The molecule has 0 unspecified atom stereocenters. The van der Waals surface area contributed by atoms with Gasteiger partial charge in [-0.25, -0.2) is 9.86 Å². The molecule has 25 heavy (non-hydrogen) atoms. The molecule has 2 atom stereocenters. The van der Waals surface area contributed by atoms with Crippen molar-refractivity contribution in [2.45, 2.75) is 32.1 Å². The Balaban J connectivity index is 1.61. The SMILES string of the molecule is CCCc1ccc(Oc2cccc([C@@H]3C[C@H]3CN(O)C(N)=O)c2)cc1. The maximum atomic E-state index is 10.9. The van der Waals surface area contributed by atoms with E-state index in [1.807, 2.05) is 36.4 Å². The molecule has 2 aromatic rings. The van der Waals surface area contributed by atoms with Crippen molar-refractivity contribution in [3.05, 3.63) is 59.7 Å². The van der Waals surface area contributed by atoms with Crippen LogP contribution in [0.3, 0.4) is 0 Å². The van der Waals surface area contributed by atoms with E-state index in [0.29, 0.717) is 11.0 Å². The van der Waals surface area contributed by atoms with E-state index in [2.05, 4.69) is 19.1 Å². The van der Waals surface area contributed by atoms with Gasteiger partial charge in [0.2, 0.25) is 0 Å². The molecule has 0 aliphatic heterocycles. The third kappa shape index (κ3) is 4.51. The van der Waals surface area contributed by atoms with E-state index >= 15 is 0 Å². The third-order valence-electron chi connectivity index (χ3n) is 4.57. The molecule has 132 valence electrons. The van der Waals surface area contributed by atoms with E-state index in [1.54, 1.807) is 0 Å². The highest BCUT2D eigenvalue weighted by Crippen LogP contribution is 2.48. The number of hydroxylamine groups is 2. The van der Waals surface area contributed by atoms with Gasteiger partial charge in [-0.2, -0.15) is 0 Å². The predicted octanol–water partition coefficient (Wildman–Crippen LogP) is 4.30. The first-order valence-corrected chi connectivity index (χ1v) is 8.69. The molecule has 1 aliphatic carbocycles. The number of amides is 2. The summed E-state index contributed by atoms with van der Waals surface area (Å²) in [4.78, 5) is 10.9. The minimum absolute atomic E-state index is 0.237. The number of primary amides is 1. The normalized spacial score (nSPS) is 18.6. The number of ether oxygens (including phenoxy) is 1. The number of rotatable bonds is 7. The van der Waals surface area contributed by atoms with Crippen molar-refractivity contribution in [2.75, 3.05) is 6.54 Å². The quantitative estimate of drug-likeness (QED) is 0.582. The second kappa shape index (κ2) is 7.57. The number of urea groups is 1. The van der Waals surface area contributed by atoms with Gasteiger partial charge in [-0.15, -0.1) is 0 Å². The van der Waals surface area contributed by atoms with Gasteiger partial charge in [0.15, 0.2) is 0 Å². The summed E-state index contributed by atoms with van der Waals surface area (Å²) in [6.45, 7) is 2.43. The molecule has 0 aromatic heterocycles. The van der Waals surface area contributed by atoms with Crippen molar-refractivity contribution in [3.8, 4) is 11.5 Å². The van der Waals surface area contributed by atoms with Crippen LogP contribution in [0, 0.1) is 5.92 Å². The molecule has 2 aromatic carbocycles. The molecule has 1 saturated carbocycles. The molecule has 3 N–H and O–H groups in total. The number of nitrogens with two attached hydrogens (primary N) is 1. The topological polar surface area (TPSA) is 75.8 Å². The molecule has 2 amide bonds. The number of hydrogen-bond donors (Lipinski definition) is 2. The van der Waals surface area contributed by atoms with E-state index in [4.69, 9.17) is 10.5 Å². The van der Waals surface area contributed by atoms with Crippen LogP contribution in [-0.4, -0.2) is 22.8 Å². The molecule has 0 heterocycles. The van der Waals surface area contributed by atoms with Crippen LogP contribution >= 0.6 is 0 Å². The van der Waals surface area contributed by atoms with E-state index < -0.39 is 6.03 Å². The average Bonchev–Trinajstić information content (AvgIpc) is 3.36. The molecule has 0 radical (unpaired) electrons. The van der Waals surface area contributed by atoms with E-state index in [-0.39, 0.29) is 12.5 Å². The van der Waals surface area contributed by atoms with Gasteiger partial charge in [-0.3, -0.25) is 5.21 Å². The minimum Gasteiger partial charge on any atom is -0.457 e. The lowest BCUT2D eigenvalue weighted by molar-refractivity contribution is -0.0431. The lowest BCUT2D eigenvalue weighted by atomic mass is 10.1. The first-order chi connectivity index (χ1) is 12.1. The Morgan fingerprint density at radius 2 is 2.00 bits per heavy atom. The fourth-order valence-electron chi connectivity index (χ4n) is 3.13. The van der Waals surface area contributed by atoms with Crippen LogP contribution < -0.4 is 10.5 Å². The van der Waals surface area contributed by atoms with Crippen molar-refractivity contribution < 1.29 is 14.7 Å². The molecular weight excluding hydrogens is 316 g/mol. The maximum absolute atomic E-state index is 10.9. The number of carbonyl (C=O) groups is 1. The Labute approximate surface area is 148 Å². The number of carbonyl (C=O) groups excluding carboxylic acids is 1. The zero-order valence-electron chi connectivity index (χ0n) is 14.4. The Bertz CT molecular complexity index is 730. The predicted molar refractivity (Wildman–Crippen MR) is 95.9 cm³/mol. The van der Waals surface area contributed by atoms with E-state index in [1.165, 1.54) is 5.56 Å². The largest absolute Gasteiger partial charge is 0.457 e. The molecule has 3 rings (SSSR count). The van der Waals surface area contributed by atoms with Crippen molar-refractivity contribution in [1.82, 2.24) is 5.06 Å². The molecule has 0 saturated heterocycles. The van der Waals surface area contributed by atoms with Crippen LogP contribution in [0.2, 0.25) is 0 Å². The number of nitrogens with zero attached hydrogens (tertiary/aromatic N) is 1. The summed E-state index contributed by atoms with van der Waals surface area (Å²) < 4.78 is 5.95. The van der Waals surface area contributed by atoms with Crippen molar-refractivity contribution in [3.63, 3.8) is 0 Å². The third-order valence-corrected chi connectivity index (χ3v) is 4.57. The standard InChI is InChI=1S/C20H24N2O3/c1-2-4-14-7-9-17(10-8-14)25-18-6-3-5-15(11-18)19-12-16(19)13-22(24)20(21)23/h3,5-11,16,19,24H,2,4,12-13H2,1H3,(H2,21,23)/t16-,19-/m0/s1. The van der Waals surface area contributed by atoms with Gasteiger partial charge in [0, 0.05) is 0 Å². The summed E-state index contributed by atoms with van der Waals surface area (Å²) in [6.07, 6.45) is 3.14. The van der Waals surface area contributed by atoms with Gasteiger partial charge in [0.25, 0.3) is 0 Å². The van der Waals surface area contributed by atoms with Gasteiger partial charge < -0.3 is 10.5 Å². The second-order valence-electron chi connectivity index (χ2n) is 6.59. The highest BCUT2D eigenvalue weighted by Gasteiger charge is 2.40. The average molecular weight is 340 g/mol. The zero-order chi connectivity index (χ0) is 17.8. The second-order valence-corrected chi connectivity index (χ2v) is 6.59. The maximum Gasteiger partial charge on any atom is 0.338 e.